The molecule has 1 aromatic carbocycles. The normalized spacial score (nSPS) is 12.5. The Bertz CT molecular complexity index is 547. The molecular weight excluding hydrogens is 302 g/mol. The molecule has 0 saturated carbocycles. The van der Waals surface area contributed by atoms with Crippen LogP contribution < -0.4 is 5.32 Å². The smallest absolute Gasteiger partial charge is 0.304 e. The Labute approximate surface area is 145 Å². The summed E-state index contributed by atoms with van der Waals surface area (Å²) in [7, 11) is 0. The zero-order valence-electron chi connectivity index (χ0n) is 14.9. The monoisotopic (exact) mass is 331 g/mol. The van der Waals surface area contributed by atoms with Crippen LogP contribution in [-0.2, 0) is 9.59 Å². The van der Waals surface area contributed by atoms with Crippen molar-refractivity contribution in [3.8, 4) is 0 Å². The second kappa shape index (κ2) is 10.6. The van der Waals surface area contributed by atoms with E-state index in [2.05, 4.69) is 19.2 Å². The van der Waals surface area contributed by atoms with E-state index < -0.39 is 11.9 Å². The molecule has 132 valence electrons. The summed E-state index contributed by atoms with van der Waals surface area (Å²) < 4.78 is 0. The second-order valence-corrected chi connectivity index (χ2v) is 6.67. The lowest BCUT2D eigenvalue weighted by Gasteiger charge is -2.12. The maximum Gasteiger partial charge on any atom is 0.304 e. The van der Waals surface area contributed by atoms with E-state index in [1.54, 1.807) is 6.08 Å². The van der Waals surface area contributed by atoms with Crippen molar-refractivity contribution >= 4 is 17.6 Å². The molecule has 1 aromatic rings. The highest BCUT2D eigenvalue weighted by molar-refractivity contribution is 5.95. The number of unbranched alkanes of at least 4 members (excludes halogenated alkanes) is 2. The van der Waals surface area contributed by atoms with Crippen molar-refractivity contribution in [2.45, 2.75) is 52.9 Å². The predicted octanol–water partition coefficient (Wildman–Crippen LogP) is 4.80. The zero-order valence-corrected chi connectivity index (χ0v) is 14.9. The molecule has 2 N–H and O–H groups in total. The van der Waals surface area contributed by atoms with Gasteiger partial charge in [-0.2, -0.15) is 0 Å². The van der Waals surface area contributed by atoms with Gasteiger partial charge in [-0.1, -0.05) is 56.5 Å². The van der Waals surface area contributed by atoms with Gasteiger partial charge in [-0.25, -0.2) is 0 Å². The standard InChI is InChI=1S/C20H29NO3/c1-15(2)8-6-4-5-7-9-17(14-19(22)23)20(24)21-18-12-10-16(3)11-13-18/h7,9-13,15,17H,4-6,8,14H2,1-3H3,(H,21,24)(H,22,23). The van der Waals surface area contributed by atoms with Crippen molar-refractivity contribution in [3.05, 3.63) is 42.0 Å². The molecule has 4 heteroatoms. The molecule has 24 heavy (non-hydrogen) atoms. The third-order valence-electron chi connectivity index (χ3n) is 3.82. The molecule has 1 rings (SSSR count). The molecular formula is C20H29NO3. The number of carboxylic acid groups (broad SMARTS) is 1. The topological polar surface area (TPSA) is 66.4 Å². The number of hydrogen-bond donors (Lipinski definition) is 2. The van der Waals surface area contributed by atoms with Gasteiger partial charge < -0.3 is 10.4 Å². The van der Waals surface area contributed by atoms with Crippen LogP contribution in [0.1, 0.15) is 51.5 Å². The van der Waals surface area contributed by atoms with Gasteiger partial charge in [0.2, 0.25) is 5.91 Å². The van der Waals surface area contributed by atoms with Crippen molar-refractivity contribution in [2.24, 2.45) is 11.8 Å². The molecule has 0 radical (unpaired) electrons. The van der Waals surface area contributed by atoms with Gasteiger partial charge >= 0.3 is 5.97 Å². The minimum absolute atomic E-state index is 0.194. The molecule has 0 aliphatic rings. The highest BCUT2D eigenvalue weighted by Crippen LogP contribution is 2.14. The molecule has 0 aliphatic heterocycles. The number of benzene rings is 1. The van der Waals surface area contributed by atoms with E-state index in [1.165, 1.54) is 6.42 Å². The summed E-state index contributed by atoms with van der Waals surface area (Å²) in [6.07, 6.45) is 7.76. The first-order valence-electron chi connectivity index (χ1n) is 8.64. The van der Waals surface area contributed by atoms with Gasteiger partial charge in [-0.3, -0.25) is 9.59 Å². The fourth-order valence-corrected chi connectivity index (χ4v) is 2.38. The predicted molar refractivity (Wildman–Crippen MR) is 98.0 cm³/mol. The van der Waals surface area contributed by atoms with Crippen molar-refractivity contribution in [3.63, 3.8) is 0 Å². The third-order valence-corrected chi connectivity index (χ3v) is 3.82. The molecule has 0 aromatic heterocycles. The Kier molecular flexibility index (Phi) is 8.84. The summed E-state index contributed by atoms with van der Waals surface area (Å²) in [5, 5.41) is 11.8. The molecule has 0 fully saturated rings. The maximum atomic E-state index is 12.3. The number of carboxylic acids is 1. The van der Waals surface area contributed by atoms with Crippen LogP contribution in [0.2, 0.25) is 0 Å². The number of aryl methyl sites for hydroxylation is 1. The van der Waals surface area contributed by atoms with Crippen molar-refractivity contribution in [1.29, 1.82) is 0 Å². The fraction of sp³-hybridized carbons (Fsp3) is 0.500. The Balaban J connectivity index is 2.55. The van der Waals surface area contributed by atoms with Gasteiger partial charge in [0.1, 0.15) is 0 Å². The lowest BCUT2D eigenvalue weighted by atomic mass is 10.0. The number of anilines is 1. The molecule has 0 heterocycles. The highest BCUT2D eigenvalue weighted by atomic mass is 16.4. The number of aliphatic carboxylic acids is 1. The van der Waals surface area contributed by atoms with Crippen molar-refractivity contribution in [1.82, 2.24) is 0 Å². The van der Waals surface area contributed by atoms with Crippen molar-refractivity contribution in [2.75, 3.05) is 5.32 Å². The van der Waals surface area contributed by atoms with Crippen LogP contribution in [-0.4, -0.2) is 17.0 Å². The quantitative estimate of drug-likeness (QED) is 0.478. The first-order valence-corrected chi connectivity index (χ1v) is 8.64. The average Bonchev–Trinajstić information content (AvgIpc) is 2.51. The van der Waals surface area contributed by atoms with E-state index in [0.717, 1.165) is 24.8 Å². The largest absolute Gasteiger partial charge is 0.481 e. The lowest BCUT2D eigenvalue weighted by molar-refractivity contribution is -0.139. The zero-order chi connectivity index (χ0) is 17.9. The first kappa shape index (κ1) is 19.9. The van der Waals surface area contributed by atoms with E-state index in [4.69, 9.17) is 5.11 Å². The summed E-state index contributed by atoms with van der Waals surface area (Å²) in [6, 6.07) is 7.46. The van der Waals surface area contributed by atoms with Crippen LogP contribution in [0.4, 0.5) is 5.69 Å². The van der Waals surface area contributed by atoms with Gasteiger partial charge in [0.05, 0.1) is 12.3 Å². The number of rotatable bonds is 10. The molecule has 0 saturated heterocycles. The summed E-state index contributed by atoms with van der Waals surface area (Å²) in [4.78, 5) is 23.3. The van der Waals surface area contributed by atoms with Crippen LogP contribution in [0.3, 0.4) is 0 Å². The molecule has 0 spiro atoms. The Morgan fingerprint density at radius 1 is 1.17 bits per heavy atom. The molecule has 0 aliphatic carbocycles. The fourth-order valence-electron chi connectivity index (χ4n) is 2.38. The van der Waals surface area contributed by atoms with E-state index in [-0.39, 0.29) is 12.3 Å². The Morgan fingerprint density at radius 3 is 2.42 bits per heavy atom. The average molecular weight is 331 g/mol. The number of carbonyl (C=O) groups excluding carboxylic acids is 1. The summed E-state index contributed by atoms with van der Waals surface area (Å²) in [5.41, 5.74) is 1.79. The van der Waals surface area contributed by atoms with Crippen LogP contribution in [0, 0.1) is 18.8 Å². The van der Waals surface area contributed by atoms with Gasteiger partial charge in [-0.05, 0) is 37.8 Å². The van der Waals surface area contributed by atoms with E-state index >= 15 is 0 Å². The summed E-state index contributed by atoms with van der Waals surface area (Å²) in [5.74, 6) is -1.19. The van der Waals surface area contributed by atoms with E-state index in [9.17, 15) is 9.59 Å². The molecule has 1 unspecified atom stereocenters. The number of hydrogen-bond acceptors (Lipinski definition) is 2. The van der Waals surface area contributed by atoms with Gasteiger partial charge in [-0.15, -0.1) is 0 Å². The van der Waals surface area contributed by atoms with Gasteiger partial charge in [0.25, 0.3) is 0 Å². The minimum Gasteiger partial charge on any atom is -0.481 e. The number of carbonyl (C=O) groups is 2. The van der Waals surface area contributed by atoms with Gasteiger partial charge in [0.15, 0.2) is 0 Å². The molecule has 0 bridgehead atoms. The molecule has 1 amide bonds. The van der Waals surface area contributed by atoms with E-state index in [1.807, 2.05) is 37.3 Å². The second-order valence-electron chi connectivity index (χ2n) is 6.67. The summed E-state index contributed by atoms with van der Waals surface area (Å²) >= 11 is 0. The SMILES string of the molecule is Cc1ccc(NC(=O)C(C=CCCCCC(C)C)CC(=O)O)cc1. The Morgan fingerprint density at radius 2 is 1.83 bits per heavy atom. The highest BCUT2D eigenvalue weighted by Gasteiger charge is 2.18. The van der Waals surface area contributed by atoms with Crippen LogP contribution in [0.15, 0.2) is 36.4 Å². The minimum atomic E-state index is -0.969. The number of amides is 1. The third kappa shape index (κ3) is 8.51. The van der Waals surface area contributed by atoms with Crippen LogP contribution in [0.25, 0.3) is 0 Å². The molecule has 1 atom stereocenters. The van der Waals surface area contributed by atoms with Crippen molar-refractivity contribution < 1.29 is 14.7 Å². The Hall–Kier alpha value is -2.10. The number of allylic oxidation sites excluding steroid dienone is 1. The van der Waals surface area contributed by atoms with Gasteiger partial charge in [0, 0.05) is 5.69 Å². The first-order chi connectivity index (χ1) is 11.4. The molecule has 4 nitrogen and oxygen atoms in total. The lowest BCUT2D eigenvalue weighted by Crippen LogP contribution is -2.23. The van der Waals surface area contributed by atoms with E-state index in [0.29, 0.717) is 11.6 Å². The maximum absolute atomic E-state index is 12.3. The summed E-state index contributed by atoms with van der Waals surface area (Å²) in [6.45, 7) is 6.38. The van der Waals surface area contributed by atoms with Crippen LogP contribution in [0.5, 0.6) is 0 Å². The van der Waals surface area contributed by atoms with Crippen LogP contribution >= 0.6 is 0 Å². The number of nitrogens with one attached hydrogen (secondary N) is 1.